The van der Waals surface area contributed by atoms with Crippen LogP contribution in [0.4, 0.5) is 11.4 Å². The number of aromatic nitrogens is 1. The normalized spacial score (nSPS) is 14.8. The van der Waals surface area contributed by atoms with Crippen molar-refractivity contribution in [2.45, 2.75) is 25.8 Å². The molecule has 1 unspecified atom stereocenters. The van der Waals surface area contributed by atoms with Crippen LogP contribution >= 0.6 is 0 Å². The van der Waals surface area contributed by atoms with Crippen molar-refractivity contribution < 1.29 is 14.3 Å². The molecule has 1 aliphatic rings. The zero-order valence-electron chi connectivity index (χ0n) is 18.7. The Hall–Kier alpha value is -4.00. The lowest BCUT2D eigenvalue weighted by molar-refractivity contribution is -0.120. The number of amides is 2. The largest absolute Gasteiger partial charge is 0.497 e. The molecular weight excluding hydrogens is 416 g/mol. The number of fused-ring (bicyclic) bond motifs is 1. The van der Waals surface area contributed by atoms with Gasteiger partial charge in [0, 0.05) is 18.9 Å². The number of carbonyl (C=O) groups excluding carboxylic acids is 2. The van der Waals surface area contributed by atoms with E-state index in [2.05, 4.69) is 17.2 Å². The Morgan fingerprint density at radius 3 is 2.55 bits per heavy atom. The number of benzene rings is 2. The highest BCUT2D eigenvalue weighted by molar-refractivity contribution is 6.26. The lowest BCUT2D eigenvalue weighted by Gasteiger charge is -2.36. The van der Waals surface area contributed by atoms with Crippen LogP contribution in [0.25, 0.3) is 0 Å². The smallest absolute Gasteiger partial charge is 0.260 e. The number of para-hydroxylation sites is 2. The molecule has 2 aromatic carbocycles. The first-order chi connectivity index (χ1) is 16.1. The second-order valence-electron chi connectivity index (χ2n) is 7.68. The van der Waals surface area contributed by atoms with Crippen LogP contribution in [0.2, 0.25) is 0 Å². The second kappa shape index (κ2) is 10.1. The quantitative estimate of drug-likeness (QED) is 0.557. The van der Waals surface area contributed by atoms with Crippen LogP contribution < -0.4 is 15.0 Å². The predicted octanol–water partition coefficient (Wildman–Crippen LogP) is 4.16. The molecule has 0 fully saturated rings. The maximum atomic E-state index is 13.7. The summed E-state index contributed by atoms with van der Waals surface area (Å²) in [4.78, 5) is 37.7. The van der Waals surface area contributed by atoms with Gasteiger partial charge in [-0.15, -0.1) is 0 Å². The average molecular weight is 443 g/mol. The van der Waals surface area contributed by atoms with Crippen LogP contribution in [-0.4, -0.2) is 42.2 Å². The molecule has 0 spiro atoms. The van der Waals surface area contributed by atoms with Gasteiger partial charge in [0.25, 0.3) is 5.91 Å². The maximum Gasteiger partial charge on any atom is 0.260 e. The Morgan fingerprint density at radius 2 is 1.85 bits per heavy atom. The summed E-state index contributed by atoms with van der Waals surface area (Å²) in [6.07, 6.45) is 4.92. The molecule has 2 heterocycles. The van der Waals surface area contributed by atoms with Crippen molar-refractivity contribution in [2.24, 2.45) is 4.99 Å². The summed E-state index contributed by atoms with van der Waals surface area (Å²) < 4.78 is 5.28. The Bertz CT molecular complexity index is 1160. The van der Waals surface area contributed by atoms with Crippen molar-refractivity contribution in [1.82, 2.24) is 10.3 Å². The summed E-state index contributed by atoms with van der Waals surface area (Å²) in [6.45, 7) is 2.59. The SMILES string of the molecule is CCCCNC(=O)C1C(c2ccc(OC)cc2)=Nc2ccccc2N1C(=O)c1cccnc1. The molecule has 33 heavy (non-hydrogen) atoms. The molecular formula is C26H26N4O3. The van der Waals surface area contributed by atoms with Crippen LogP contribution in [-0.2, 0) is 4.79 Å². The number of carbonyl (C=O) groups is 2. The predicted molar refractivity (Wildman–Crippen MR) is 128 cm³/mol. The van der Waals surface area contributed by atoms with Crippen molar-refractivity contribution in [1.29, 1.82) is 0 Å². The highest BCUT2D eigenvalue weighted by atomic mass is 16.5. The first-order valence-electron chi connectivity index (χ1n) is 11.0. The Kier molecular flexibility index (Phi) is 6.78. The molecule has 0 saturated heterocycles. The van der Waals surface area contributed by atoms with E-state index in [4.69, 9.17) is 9.73 Å². The van der Waals surface area contributed by atoms with Gasteiger partial charge in [-0.3, -0.25) is 19.5 Å². The maximum absolute atomic E-state index is 13.7. The lowest BCUT2D eigenvalue weighted by atomic mass is 9.96. The first kappa shape index (κ1) is 22.2. The third-order valence-corrected chi connectivity index (χ3v) is 5.49. The van der Waals surface area contributed by atoms with Crippen LogP contribution in [0, 0.1) is 0 Å². The van der Waals surface area contributed by atoms with Gasteiger partial charge in [0.1, 0.15) is 5.75 Å². The molecule has 168 valence electrons. The summed E-state index contributed by atoms with van der Waals surface area (Å²) in [5, 5.41) is 2.99. The Morgan fingerprint density at radius 1 is 1.06 bits per heavy atom. The van der Waals surface area contributed by atoms with E-state index in [1.807, 2.05) is 48.5 Å². The molecule has 7 nitrogen and oxygen atoms in total. The number of methoxy groups -OCH3 is 1. The number of aliphatic imine (C=N–C) groups is 1. The minimum absolute atomic E-state index is 0.273. The number of hydrogen-bond donors (Lipinski definition) is 1. The number of anilines is 1. The summed E-state index contributed by atoms with van der Waals surface area (Å²) in [7, 11) is 1.60. The lowest BCUT2D eigenvalue weighted by Crippen LogP contribution is -2.55. The molecule has 0 bridgehead atoms. The first-order valence-corrected chi connectivity index (χ1v) is 11.0. The van der Waals surface area contributed by atoms with Gasteiger partial charge in [-0.05, 0) is 60.5 Å². The van der Waals surface area contributed by atoms with E-state index >= 15 is 0 Å². The molecule has 1 atom stereocenters. The molecule has 1 N–H and O–H groups in total. The molecule has 0 saturated carbocycles. The molecule has 2 amide bonds. The van der Waals surface area contributed by atoms with Crippen molar-refractivity contribution in [3.05, 3.63) is 84.2 Å². The summed E-state index contributed by atoms with van der Waals surface area (Å²) in [6, 6.07) is 17.2. The minimum Gasteiger partial charge on any atom is -0.497 e. The van der Waals surface area contributed by atoms with Crippen molar-refractivity contribution in [2.75, 3.05) is 18.6 Å². The second-order valence-corrected chi connectivity index (χ2v) is 7.68. The fraction of sp³-hybridized carbons (Fsp3) is 0.231. The highest BCUT2D eigenvalue weighted by Gasteiger charge is 2.40. The van der Waals surface area contributed by atoms with E-state index in [-0.39, 0.29) is 11.8 Å². The molecule has 0 radical (unpaired) electrons. The van der Waals surface area contributed by atoms with Crippen molar-refractivity contribution >= 4 is 28.9 Å². The Balaban J connectivity index is 1.85. The molecule has 4 rings (SSSR count). The summed E-state index contributed by atoms with van der Waals surface area (Å²) in [5.41, 5.74) is 2.85. The number of pyridine rings is 1. The fourth-order valence-electron chi connectivity index (χ4n) is 3.78. The monoisotopic (exact) mass is 442 g/mol. The number of rotatable bonds is 7. The van der Waals surface area contributed by atoms with Crippen LogP contribution in [0.3, 0.4) is 0 Å². The van der Waals surface area contributed by atoms with Crippen LogP contribution in [0.5, 0.6) is 5.75 Å². The highest BCUT2D eigenvalue weighted by Crippen LogP contribution is 2.37. The number of nitrogens with zero attached hydrogens (tertiary/aromatic N) is 3. The van der Waals surface area contributed by atoms with Crippen LogP contribution in [0.1, 0.15) is 35.7 Å². The van der Waals surface area contributed by atoms with Gasteiger partial charge in [0.05, 0.1) is 29.8 Å². The van der Waals surface area contributed by atoms with Gasteiger partial charge < -0.3 is 10.1 Å². The standard InChI is InChI=1S/C26H26N4O3/c1-3-4-16-28-25(31)24-23(18-11-13-20(33-2)14-12-18)29-21-9-5-6-10-22(21)30(24)26(32)19-8-7-15-27-17-19/h5-15,17,24H,3-4,16H2,1-2H3,(H,28,31). The summed E-state index contributed by atoms with van der Waals surface area (Å²) >= 11 is 0. The van der Waals surface area contributed by atoms with Gasteiger partial charge in [-0.2, -0.15) is 0 Å². The Labute approximate surface area is 193 Å². The third kappa shape index (κ3) is 4.62. The van der Waals surface area contributed by atoms with E-state index < -0.39 is 6.04 Å². The zero-order valence-corrected chi connectivity index (χ0v) is 18.7. The average Bonchev–Trinajstić information content (AvgIpc) is 2.87. The topological polar surface area (TPSA) is 83.9 Å². The number of hydrogen-bond acceptors (Lipinski definition) is 5. The van der Waals surface area contributed by atoms with Crippen LogP contribution in [0.15, 0.2) is 78.0 Å². The van der Waals surface area contributed by atoms with E-state index in [9.17, 15) is 9.59 Å². The minimum atomic E-state index is -0.933. The zero-order chi connectivity index (χ0) is 23.2. The van der Waals surface area contributed by atoms with E-state index in [0.29, 0.717) is 34.9 Å². The van der Waals surface area contributed by atoms with Gasteiger partial charge in [0.15, 0.2) is 6.04 Å². The fourth-order valence-corrected chi connectivity index (χ4v) is 3.78. The molecule has 1 aromatic heterocycles. The molecule has 7 heteroatoms. The van der Waals surface area contributed by atoms with E-state index in [0.717, 1.165) is 18.4 Å². The molecule has 3 aromatic rings. The van der Waals surface area contributed by atoms with Crippen molar-refractivity contribution in [3.63, 3.8) is 0 Å². The van der Waals surface area contributed by atoms with Gasteiger partial charge in [-0.1, -0.05) is 25.5 Å². The number of nitrogens with one attached hydrogen (secondary N) is 1. The van der Waals surface area contributed by atoms with Gasteiger partial charge >= 0.3 is 0 Å². The molecule has 0 aliphatic carbocycles. The van der Waals surface area contributed by atoms with Crippen molar-refractivity contribution in [3.8, 4) is 5.75 Å². The summed E-state index contributed by atoms with van der Waals surface area (Å²) in [5.74, 6) is 0.111. The van der Waals surface area contributed by atoms with Gasteiger partial charge in [0.2, 0.25) is 5.91 Å². The number of ether oxygens (including phenoxy) is 1. The van der Waals surface area contributed by atoms with E-state index in [1.165, 1.54) is 11.1 Å². The third-order valence-electron chi connectivity index (χ3n) is 5.49. The van der Waals surface area contributed by atoms with Gasteiger partial charge in [-0.25, -0.2) is 4.99 Å². The molecule has 1 aliphatic heterocycles. The number of unbranched alkanes of at least 4 members (excludes halogenated alkanes) is 1. The van der Waals surface area contributed by atoms with E-state index in [1.54, 1.807) is 25.4 Å².